The molecule has 2 aliphatic rings. The highest BCUT2D eigenvalue weighted by molar-refractivity contribution is 7.91. The zero-order chi connectivity index (χ0) is 13.3. The molecule has 0 radical (unpaired) electrons. The highest BCUT2D eigenvalue weighted by atomic mass is 32.2. The molecule has 1 aromatic rings. The third-order valence-corrected chi connectivity index (χ3v) is 5.84. The van der Waals surface area contributed by atoms with Crippen molar-refractivity contribution in [2.75, 3.05) is 18.9 Å². The van der Waals surface area contributed by atoms with Crippen LogP contribution < -0.4 is 0 Å². The van der Waals surface area contributed by atoms with Crippen LogP contribution in [0, 0.1) is 5.92 Å². The Labute approximate surface area is 114 Å². The SMILES string of the molecule is O=S(=O)(CCN1OC[C@H]2CCC[C@@H]21)c1ccccc1. The van der Waals surface area contributed by atoms with E-state index in [-0.39, 0.29) is 5.75 Å². The van der Waals surface area contributed by atoms with Gasteiger partial charge in [-0.3, -0.25) is 4.84 Å². The van der Waals surface area contributed by atoms with Crippen LogP contribution in [0.15, 0.2) is 35.2 Å². The fraction of sp³-hybridized carbons (Fsp3) is 0.571. The van der Waals surface area contributed by atoms with Crippen LogP contribution in [0.4, 0.5) is 0 Å². The molecule has 1 heterocycles. The number of sulfone groups is 1. The molecule has 1 saturated carbocycles. The Hall–Kier alpha value is -0.910. The molecule has 1 aromatic carbocycles. The highest BCUT2D eigenvalue weighted by Crippen LogP contribution is 2.35. The van der Waals surface area contributed by atoms with E-state index in [0.29, 0.717) is 23.4 Å². The molecule has 104 valence electrons. The number of hydroxylamine groups is 2. The maximum atomic E-state index is 12.2. The van der Waals surface area contributed by atoms with Crippen molar-refractivity contribution in [3.63, 3.8) is 0 Å². The standard InChI is InChI=1S/C14H19NO3S/c16-19(17,13-6-2-1-3-7-13)10-9-15-14-8-4-5-12(14)11-18-15/h1-3,6-7,12,14H,4-5,8-11H2/t12-,14+/m1/s1. The number of nitrogens with zero attached hydrogens (tertiary/aromatic N) is 1. The normalized spacial score (nSPS) is 27.6. The first-order chi connectivity index (χ1) is 9.17. The molecule has 3 rings (SSSR count). The van der Waals surface area contributed by atoms with Crippen LogP contribution in [0.3, 0.4) is 0 Å². The molecular weight excluding hydrogens is 262 g/mol. The fourth-order valence-electron chi connectivity index (χ4n) is 3.06. The van der Waals surface area contributed by atoms with E-state index in [9.17, 15) is 8.42 Å². The topological polar surface area (TPSA) is 46.6 Å². The first-order valence-corrected chi connectivity index (χ1v) is 8.49. The minimum absolute atomic E-state index is 0.125. The van der Waals surface area contributed by atoms with Crippen LogP contribution in [0.2, 0.25) is 0 Å². The molecule has 19 heavy (non-hydrogen) atoms. The van der Waals surface area contributed by atoms with Crippen molar-refractivity contribution >= 4 is 9.84 Å². The van der Waals surface area contributed by atoms with Crippen LogP contribution in [0.25, 0.3) is 0 Å². The summed E-state index contributed by atoms with van der Waals surface area (Å²) in [5, 5.41) is 1.90. The van der Waals surface area contributed by atoms with Crippen LogP contribution in [-0.4, -0.2) is 38.4 Å². The Bertz CT molecular complexity index is 529. The first kappa shape index (κ1) is 13.1. The lowest BCUT2D eigenvalue weighted by atomic mass is 10.1. The second-order valence-corrected chi connectivity index (χ2v) is 7.44. The van der Waals surface area contributed by atoms with E-state index in [2.05, 4.69) is 0 Å². The molecule has 0 N–H and O–H groups in total. The molecule has 5 heteroatoms. The number of rotatable bonds is 4. The third-order valence-electron chi connectivity index (χ3n) is 4.13. The van der Waals surface area contributed by atoms with Crippen molar-refractivity contribution in [3.05, 3.63) is 30.3 Å². The van der Waals surface area contributed by atoms with Gasteiger partial charge >= 0.3 is 0 Å². The van der Waals surface area contributed by atoms with Gasteiger partial charge in [-0.2, -0.15) is 5.06 Å². The van der Waals surface area contributed by atoms with Crippen molar-refractivity contribution in [2.45, 2.75) is 30.2 Å². The van der Waals surface area contributed by atoms with Crippen LogP contribution in [0.1, 0.15) is 19.3 Å². The van der Waals surface area contributed by atoms with Gasteiger partial charge in [0.1, 0.15) is 0 Å². The van der Waals surface area contributed by atoms with E-state index >= 15 is 0 Å². The number of benzene rings is 1. The largest absolute Gasteiger partial charge is 0.298 e. The summed E-state index contributed by atoms with van der Waals surface area (Å²) in [4.78, 5) is 6.02. The quantitative estimate of drug-likeness (QED) is 0.845. The maximum absolute atomic E-state index is 12.2. The van der Waals surface area contributed by atoms with Crippen molar-refractivity contribution in [3.8, 4) is 0 Å². The van der Waals surface area contributed by atoms with Crippen molar-refractivity contribution in [1.82, 2.24) is 5.06 Å². The van der Waals surface area contributed by atoms with E-state index in [1.807, 2.05) is 11.1 Å². The highest BCUT2D eigenvalue weighted by Gasteiger charge is 2.39. The summed E-state index contributed by atoms with van der Waals surface area (Å²) in [6.45, 7) is 1.23. The summed E-state index contributed by atoms with van der Waals surface area (Å²) in [6.07, 6.45) is 3.59. The summed E-state index contributed by atoms with van der Waals surface area (Å²) in [7, 11) is -3.20. The van der Waals surface area contributed by atoms with Crippen LogP contribution >= 0.6 is 0 Å². The fourth-order valence-corrected chi connectivity index (χ4v) is 4.29. The zero-order valence-corrected chi connectivity index (χ0v) is 11.7. The lowest BCUT2D eigenvalue weighted by Crippen LogP contribution is -2.33. The van der Waals surface area contributed by atoms with Crippen molar-refractivity contribution in [2.24, 2.45) is 5.92 Å². The van der Waals surface area contributed by atoms with Crippen LogP contribution in [-0.2, 0) is 14.7 Å². The second kappa shape index (κ2) is 5.23. The van der Waals surface area contributed by atoms with Crippen LogP contribution in [0.5, 0.6) is 0 Å². The molecule has 1 aliphatic heterocycles. The smallest absolute Gasteiger partial charge is 0.179 e. The molecule has 0 spiro atoms. The van der Waals surface area contributed by atoms with Crippen molar-refractivity contribution in [1.29, 1.82) is 0 Å². The van der Waals surface area contributed by atoms with Crippen molar-refractivity contribution < 1.29 is 13.3 Å². The van der Waals surface area contributed by atoms with Gasteiger partial charge in [0.15, 0.2) is 9.84 Å². The molecule has 0 amide bonds. The van der Waals surface area contributed by atoms with Gasteiger partial charge in [0.05, 0.1) is 17.3 Å². The third kappa shape index (κ3) is 2.68. The molecule has 1 aliphatic carbocycles. The van der Waals surface area contributed by atoms with Gasteiger partial charge in [0, 0.05) is 18.5 Å². The maximum Gasteiger partial charge on any atom is 0.179 e. The average Bonchev–Trinajstić information content (AvgIpc) is 3.01. The number of hydrogen-bond donors (Lipinski definition) is 0. The summed E-state index contributed by atoms with van der Waals surface area (Å²) >= 11 is 0. The predicted molar refractivity (Wildman–Crippen MR) is 72.3 cm³/mol. The first-order valence-electron chi connectivity index (χ1n) is 6.84. The summed E-state index contributed by atoms with van der Waals surface area (Å²) < 4.78 is 24.4. The monoisotopic (exact) mass is 281 g/mol. The zero-order valence-electron chi connectivity index (χ0n) is 10.9. The van der Waals surface area contributed by atoms with E-state index in [0.717, 1.165) is 13.0 Å². The Kier molecular flexibility index (Phi) is 3.60. The molecule has 1 saturated heterocycles. The lowest BCUT2D eigenvalue weighted by molar-refractivity contribution is -0.128. The van der Waals surface area contributed by atoms with Gasteiger partial charge < -0.3 is 0 Å². The van der Waals surface area contributed by atoms with E-state index in [1.54, 1.807) is 24.3 Å². The van der Waals surface area contributed by atoms with Gasteiger partial charge in [-0.25, -0.2) is 8.42 Å². The Morgan fingerprint density at radius 2 is 2.00 bits per heavy atom. The number of hydrogen-bond acceptors (Lipinski definition) is 4. The minimum Gasteiger partial charge on any atom is -0.298 e. The minimum atomic E-state index is -3.20. The predicted octanol–water partition coefficient (Wildman–Crippen LogP) is 1.88. The molecule has 0 unspecified atom stereocenters. The molecule has 4 nitrogen and oxygen atoms in total. The molecule has 2 fully saturated rings. The number of fused-ring (bicyclic) bond motifs is 1. The molecule has 0 bridgehead atoms. The van der Waals surface area contributed by atoms with Gasteiger partial charge in [0.2, 0.25) is 0 Å². The van der Waals surface area contributed by atoms with Gasteiger partial charge in [-0.1, -0.05) is 24.6 Å². The summed E-state index contributed by atoms with van der Waals surface area (Å²) in [5.41, 5.74) is 0. The van der Waals surface area contributed by atoms with E-state index < -0.39 is 9.84 Å². The molecule has 0 aromatic heterocycles. The van der Waals surface area contributed by atoms with Gasteiger partial charge in [-0.15, -0.1) is 0 Å². The average molecular weight is 281 g/mol. The van der Waals surface area contributed by atoms with E-state index in [1.165, 1.54) is 12.8 Å². The molecule has 2 atom stereocenters. The van der Waals surface area contributed by atoms with Gasteiger partial charge in [-0.05, 0) is 25.0 Å². The Morgan fingerprint density at radius 1 is 1.21 bits per heavy atom. The Morgan fingerprint density at radius 3 is 2.79 bits per heavy atom. The van der Waals surface area contributed by atoms with Gasteiger partial charge in [0.25, 0.3) is 0 Å². The summed E-state index contributed by atoms with van der Waals surface area (Å²) in [5.74, 6) is 0.736. The Balaban J connectivity index is 1.63. The van der Waals surface area contributed by atoms with E-state index in [4.69, 9.17) is 4.84 Å². The second-order valence-electron chi connectivity index (χ2n) is 5.33. The molecular formula is C14H19NO3S. The lowest BCUT2D eigenvalue weighted by Gasteiger charge is -2.21. The summed E-state index contributed by atoms with van der Waals surface area (Å²) in [6, 6.07) is 9.08.